The van der Waals surface area contributed by atoms with Crippen LogP contribution in [0.2, 0.25) is 0 Å². The van der Waals surface area contributed by atoms with Gasteiger partial charge in [0.15, 0.2) is 0 Å². The minimum atomic E-state index is 0.869. The van der Waals surface area contributed by atoms with E-state index in [1.165, 1.54) is 4.90 Å². The normalized spacial score (nSPS) is 10.7. The van der Waals surface area contributed by atoms with Crippen molar-refractivity contribution in [1.29, 1.82) is 0 Å². The molecule has 3 aromatic rings. The zero-order valence-electron chi connectivity index (χ0n) is 13.5. The van der Waals surface area contributed by atoms with E-state index in [9.17, 15) is 0 Å². The summed E-state index contributed by atoms with van der Waals surface area (Å²) in [5.74, 6) is 0. The maximum absolute atomic E-state index is 4.48. The Hall–Kier alpha value is -2.65. The van der Waals surface area contributed by atoms with Crippen LogP contribution in [0.1, 0.15) is 16.7 Å². The molecule has 0 radical (unpaired) electrons. The van der Waals surface area contributed by atoms with Gasteiger partial charge in [-0.15, -0.1) is 16.9 Å². The second-order valence-electron chi connectivity index (χ2n) is 5.20. The first-order valence-electron chi connectivity index (χ1n) is 7.73. The third kappa shape index (κ3) is 4.21. The highest BCUT2D eigenvalue weighted by molar-refractivity contribution is 7.98. The van der Waals surface area contributed by atoms with Crippen LogP contribution < -0.4 is 0 Å². The molecule has 3 rings (SSSR count). The number of hydrogen-bond donors (Lipinski definition) is 0. The molecule has 0 saturated heterocycles. The highest BCUT2D eigenvalue weighted by atomic mass is 32.2. The summed E-state index contributed by atoms with van der Waals surface area (Å²) >= 11 is 1.73. The molecular formula is C21H18N2S. The lowest BCUT2D eigenvalue weighted by atomic mass is 10.0. The van der Waals surface area contributed by atoms with Crippen LogP contribution in [0.15, 0.2) is 100 Å². The van der Waals surface area contributed by atoms with Gasteiger partial charge in [-0.05, 0) is 24.0 Å². The quantitative estimate of drug-likeness (QED) is 0.355. The van der Waals surface area contributed by atoms with Crippen LogP contribution in [0.5, 0.6) is 0 Å². The number of nitrogens with zero attached hydrogens (tertiary/aromatic N) is 2. The van der Waals surface area contributed by atoms with Crippen LogP contribution in [0.25, 0.3) is 0 Å². The van der Waals surface area contributed by atoms with Gasteiger partial charge in [-0.25, -0.2) is 0 Å². The van der Waals surface area contributed by atoms with Crippen molar-refractivity contribution in [1.82, 2.24) is 0 Å². The summed E-state index contributed by atoms with van der Waals surface area (Å²) in [6.45, 7) is 0. The Morgan fingerprint density at radius 2 is 1.29 bits per heavy atom. The molecule has 118 valence electrons. The zero-order chi connectivity index (χ0) is 16.6. The molecule has 0 heterocycles. The third-order valence-electron chi connectivity index (χ3n) is 3.57. The van der Waals surface area contributed by atoms with Gasteiger partial charge in [0.1, 0.15) is 5.71 Å². The Kier molecular flexibility index (Phi) is 5.59. The smallest absolute Gasteiger partial charge is 0.100 e. The van der Waals surface area contributed by atoms with E-state index in [0.29, 0.717) is 0 Å². The number of thioether (sulfide) groups is 1. The van der Waals surface area contributed by atoms with Crippen LogP contribution >= 0.6 is 11.8 Å². The van der Waals surface area contributed by atoms with Crippen molar-refractivity contribution < 1.29 is 0 Å². The van der Waals surface area contributed by atoms with Crippen molar-refractivity contribution in [3.8, 4) is 0 Å². The first kappa shape index (κ1) is 16.2. The predicted octanol–water partition coefficient (Wildman–Crippen LogP) is 5.28. The van der Waals surface area contributed by atoms with Crippen LogP contribution in [0, 0.1) is 0 Å². The summed E-state index contributed by atoms with van der Waals surface area (Å²) in [7, 11) is 0. The highest BCUT2D eigenvalue weighted by Gasteiger charge is 2.05. The Morgan fingerprint density at radius 3 is 1.79 bits per heavy atom. The Balaban J connectivity index is 1.90. The van der Waals surface area contributed by atoms with E-state index in [1.54, 1.807) is 18.0 Å². The van der Waals surface area contributed by atoms with Crippen molar-refractivity contribution >= 4 is 23.7 Å². The number of rotatable bonds is 5. The predicted molar refractivity (Wildman–Crippen MR) is 104 cm³/mol. The molecule has 24 heavy (non-hydrogen) atoms. The highest BCUT2D eigenvalue weighted by Crippen LogP contribution is 2.14. The van der Waals surface area contributed by atoms with Crippen LogP contribution in [-0.4, -0.2) is 18.2 Å². The number of benzene rings is 3. The van der Waals surface area contributed by atoms with E-state index in [1.807, 2.05) is 36.4 Å². The monoisotopic (exact) mass is 330 g/mol. The van der Waals surface area contributed by atoms with Crippen molar-refractivity contribution in [3.05, 3.63) is 102 Å². The van der Waals surface area contributed by atoms with Gasteiger partial charge < -0.3 is 0 Å². The van der Waals surface area contributed by atoms with Crippen LogP contribution in [-0.2, 0) is 0 Å². The van der Waals surface area contributed by atoms with Gasteiger partial charge >= 0.3 is 0 Å². The van der Waals surface area contributed by atoms with Crippen LogP contribution in [0.3, 0.4) is 0 Å². The maximum atomic E-state index is 4.48. The van der Waals surface area contributed by atoms with Crippen molar-refractivity contribution in [2.24, 2.45) is 10.2 Å². The first-order valence-corrected chi connectivity index (χ1v) is 8.95. The Labute approximate surface area is 147 Å². The third-order valence-corrected chi connectivity index (χ3v) is 4.32. The minimum absolute atomic E-state index is 0.869. The number of hydrogen-bond acceptors (Lipinski definition) is 3. The van der Waals surface area contributed by atoms with E-state index in [4.69, 9.17) is 0 Å². The molecule has 0 saturated carbocycles. The summed E-state index contributed by atoms with van der Waals surface area (Å²) in [4.78, 5) is 1.24. The van der Waals surface area contributed by atoms with E-state index >= 15 is 0 Å². The van der Waals surface area contributed by atoms with Gasteiger partial charge in [0, 0.05) is 16.0 Å². The topological polar surface area (TPSA) is 24.7 Å². The summed E-state index contributed by atoms with van der Waals surface area (Å²) in [6, 6.07) is 28.5. The van der Waals surface area contributed by atoms with Crippen LogP contribution in [0.4, 0.5) is 0 Å². The standard InChI is InChI=1S/C21H18N2S/c1-24-20-14-12-17(13-15-20)16-22-23-21(18-8-4-2-5-9-18)19-10-6-3-7-11-19/h2-16H,1H3/b22-16-. The molecule has 0 unspecified atom stereocenters. The average molecular weight is 330 g/mol. The molecule has 0 aliphatic heterocycles. The SMILES string of the molecule is CSc1ccc(/C=N\N=C(c2ccccc2)c2ccccc2)cc1. The fraction of sp³-hybridized carbons (Fsp3) is 0.0476. The Bertz CT molecular complexity index is 781. The molecule has 0 N–H and O–H groups in total. The van der Waals surface area contributed by atoms with Crippen molar-refractivity contribution in [2.75, 3.05) is 6.26 Å². The minimum Gasteiger partial charge on any atom is -0.158 e. The summed E-state index contributed by atoms with van der Waals surface area (Å²) < 4.78 is 0. The van der Waals surface area contributed by atoms with Gasteiger partial charge in [-0.3, -0.25) is 0 Å². The van der Waals surface area contributed by atoms with Gasteiger partial charge in [-0.1, -0.05) is 72.8 Å². The Morgan fingerprint density at radius 1 is 0.750 bits per heavy atom. The second-order valence-corrected chi connectivity index (χ2v) is 6.08. The molecule has 0 fully saturated rings. The summed E-state index contributed by atoms with van der Waals surface area (Å²) in [6.07, 6.45) is 3.86. The average Bonchev–Trinajstić information content (AvgIpc) is 2.67. The first-order chi connectivity index (χ1) is 11.9. The van der Waals surface area contributed by atoms with Gasteiger partial charge in [0.05, 0.1) is 6.21 Å². The van der Waals surface area contributed by atoms with E-state index < -0.39 is 0 Å². The van der Waals surface area contributed by atoms with Gasteiger partial charge in [0.25, 0.3) is 0 Å². The zero-order valence-corrected chi connectivity index (χ0v) is 14.3. The lowest BCUT2D eigenvalue weighted by Crippen LogP contribution is -2.02. The molecule has 0 aliphatic carbocycles. The molecule has 2 nitrogen and oxygen atoms in total. The van der Waals surface area contributed by atoms with Crippen molar-refractivity contribution in [2.45, 2.75) is 4.90 Å². The molecule has 0 amide bonds. The molecule has 0 aromatic heterocycles. The van der Waals surface area contributed by atoms with E-state index in [-0.39, 0.29) is 0 Å². The largest absolute Gasteiger partial charge is 0.158 e. The van der Waals surface area contributed by atoms with Gasteiger partial charge in [-0.2, -0.15) is 5.10 Å². The summed E-state index contributed by atoms with van der Waals surface area (Å²) in [5.41, 5.74) is 4.02. The molecule has 0 bridgehead atoms. The molecule has 0 atom stereocenters. The second kappa shape index (κ2) is 8.27. The lowest BCUT2D eigenvalue weighted by Gasteiger charge is -2.05. The molecule has 0 aliphatic rings. The van der Waals surface area contributed by atoms with E-state index in [0.717, 1.165) is 22.4 Å². The summed E-state index contributed by atoms with van der Waals surface area (Å²) in [5, 5.41) is 8.79. The van der Waals surface area contributed by atoms with Crippen molar-refractivity contribution in [3.63, 3.8) is 0 Å². The fourth-order valence-corrected chi connectivity index (χ4v) is 2.73. The fourth-order valence-electron chi connectivity index (χ4n) is 2.32. The molecule has 3 aromatic carbocycles. The van der Waals surface area contributed by atoms with E-state index in [2.05, 4.69) is 65.0 Å². The molecule has 0 spiro atoms. The lowest BCUT2D eigenvalue weighted by molar-refractivity contribution is 1.24. The molecule has 3 heteroatoms. The van der Waals surface area contributed by atoms with Gasteiger partial charge in [0.2, 0.25) is 0 Å². The maximum Gasteiger partial charge on any atom is 0.100 e. The molecular weight excluding hydrogens is 312 g/mol.